The van der Waals surface area contributed by atoms with E-state index in [1.54, 1.807) is 10.6 Å². The van der Waals surface area contributed by atoms with Crippen LogP contribution >= 0.6 is 11.8 Å². The SMILES string of the molecule is CCC(C)n1c(SCC(=O)c2cc(C)ccc2C)nc2ccccc2c1=O. The second-order valence-electron chi connectivity index (χ2n) is 6.87. The number of nitrogens with zero attached hydrogens (tertiary/aromatic N) is 2. The number of rotatable bonds is 6. The summed E-state index contributed by atoms with van der Waals surface area (Å²) in [4.78, 5) is 30.4. The van der Waals surface area contributed by atoms with Crippen LogP contribution in [0.2, 0.25) is 0 Å². The van der Waals surface area contributed by atoms with E-state index in [9.17, 15) is 9.59 Å². The number of hydrogen-bond donors (Lipinski definition) is 0. The van der Waals surface area contributed by atoms with Crippen LogP contribution < -0.4 is 5.56 Å². The summed E-state index contributed by atoms with van der Waals surface area (Å²) in [5, 5.41) is 1.22. The quantitative estimate of drug-likeness (QED) is 0.345. The first-order chi connectivity index (χ1) is 12.9. The van der Waals surface area contributed by atoms with E-state index in [-0.39, 0.29) is 23.1 Å². The molecular formula is C22H24N2O2S. The molecule has 1 heterocycles. The lowest BCUT2D eigenvalue weighted by Gasteiger charge is -2.18. The first-order valence-electron chi connectivity index (χ1n) is 9.17. The Balaban J connectivity index is 1.97. The molecule has 0 radical (unpaired) electrons. The summed E-state index contributed by atoms with van der Waals surface area (Å²) in [6.45, 7) is 7.98. The Morgan fingerprint density at radius 1 is 1.19 bits per heavy atom. The zero-order chi connectivity index (χ0) is 19.6. The normalized spacial score (nSPS) is 12.3. The number of ketones is 1. The molecule has 1 unspecified atom stereocenters. The van der Waals surface area contributed by atoms with Crippen LogP contribution in [-0.2, 0) is 0 Å². The maximum absolute atomic E-state index is 13.0. The van der Waals surface area contributed by atoms with E-state index < -0.39 is 0 Å². The van der Waals surface area contributed by atoms with Gasteiger partial charge in [0, 0.05) is 11.6 Å². The van der Waals surface area contributed by atoms with Gasteiger partial charge in [0.15, 0.2) is 10.9 Å². The Kier molecular flexibility index (Phi) is 5.80. The van der Waals surface area contributed by atoms with Crippen molar-refractivity contribution < 1.29 is 4.79 Å². The Morgan fingerprint density at radius 2 is 1.93 bits per heavy atom. The minimum Gasteiger partial charge on any atom is -0.293 e. The van der Waals surface area contributed by atoms with E-state index in [1.165, 1.54) is 11.8 Å². The summed E-state index contributed by atoms with van der Waals surface area (Å²) in [5.41, 5.74) is 3.40. The highest BCUT2D eigenvalue weighted by molar-refractivity contribution is 7.99. The van der Waals surface area contributed by atoms with Gasteiger partial charge in [-0.1, -0.05) is 48.5 Å². The van der Waals surface area contributed by atoms with E-state index in [0.717, 1.165) is 23.1 Å². The van der Waals surface area contributed by atoms with Crippen LogP contribution in [0, 0.1) is 13.8 Å². The highest BCUT2D eigenvalue weighted by Crippen LogP contribution is 2.24. The highest BCUT2D eigenvalue weighted by atomic mass is 32.2. The third-order valence-electron chi connectivity index (χ3n) is 4.83. The van der Waals surface area contributed by atoms with Crippen molar-refractivity contribution in [3.05, 3.63) is 69.5 Å². The van der Waals surface area contributed by atoms with Crippen molar-refractivity contribution in [1.82, 2.24) is 9.55 Å². The van der Waals surface area contributed by atoms with Crippen molar-refractivity contribution in [1.29, 1.82) is 0 Å². The molecular weight excluding hydrogens is 356 g/mol. The maximum Gasteiger partial charge on any atom is 0.262 e. The second-order valence-corrected chi connectivity index (χ2v) is 7.82. The summed E-state index contributed by atoms with van der Waals surface area (Å²) in [6.07, 6.45) is 0.818. The van der Waals surface area contributed by atoms with Gasteiger partial charge in [-0.25, -0.2) is 4.98 Å². The molecule has 0 saturated carbocycles. The molecule has 0 aliphatic rings. The first-order valence-corrected chi connectivity index (χ1v) is 10.2. The van der Waals surface area contributed by atoms with E-state index >= 15 is 0 Å². The summed E-state index contributed by atoms with van der Waals surface area (Å²) >= 11 is 1.34. The number of aryl methyl sites for hydroxylation is 2. The molecule has 1 atom stereocenters. The molecule has 3 aromatic rings. The fourth-order valence-electron chi connectivity index (χ4n) is 3.04. The number of aromatic nitrogens is 2. The van der Waals surface area contributed by atoms with Gasteiger partial charge in [-0.05, 0) is 51.0 Å². The summed E-state index contributed by atoms with van der Waals surface area (Å²) < 4.78 is 1.73. The average Bonchev–Trinajstić information content (AvgIpc) is 2.67. The minimum absolute atomic E-state index is 0.0212. The van der Waals surface area contributed by atoms with Gasteiger partial charge in [-0.15, -0.1) is 0 Å². The average molecular weight is 381 g/mol. The monoisotopic (exact) mass is 380 g/mol. The number of fused-ring (bicyclic) bond motifs is 1. The van der Waals surface area contributed by atoms with Crippen LogP contribution in [0.15, 0.2) is 52.4 Å². The van der Waals surface area contributed by atoms with Crippen LogP contribution in [0.1, 0.15) is 47.8 Å². The highest BCUT2D eigenvalue weighted by Gasteiger charge is 2.17. The van der Waals surface area contributed by atoms with E-state index in [2.05, 4.69) is 4.98 Å². The van der Waals surface area contributed by atoms with Gasteiger partial charge in [0.2, 0.25) is 0 Å². The van der Waals surface area contributed by atoms with Crippen LogP contribution in [0.5, 0.6) is 0 Å². The summed E-state index contributed by atoms with van der Waals surface area (Å²) in [5.74, 6) is 0.310. The molecule has 0 amide bonds. The molecule has 0 saturated heterocycles. The van der Waals surface area contributed by atoms with Crippen LogP contribution in [0.25, 0.3) is 10.9 Å². The smallest absolute Gasteiger partial charge is 0.262 e. The van der Waals surface area contributed by atoms with Gasteiger partial charge in [0.1, 0.15) is 0 Å². The molecule has 1 aromatic heterocycles. The molecule has 2 aromatic carbocycles. The molecule has 27 heavy (non-hydrogen) atoms. The fourth-order valence-corrected chi connectivity index (χ4v) is 4.02. The fraction of sp³-hybridized carbons (Fsp3) is 0.318. The zero-order valence-corrected chi connectivity index (χ0v) is 17.0. The molecule has 0 aliphatic carbocycles. The molecule has 4 nitrogen and oxygen atoms in total. The van der Waals surface area contributed by atoms with Gasteiger partial charge in [-0.2, -0.15) is 0 Å². The van der Waals surface area contributed by atoms with Gasteiger partial charge in [0.25, 0.3) is 5.56 Å². The molecule has 0 N–H and O–H groups in total. The Morgan fingerprint density at radius 3 is 2.67 bits per heavy atom. The largest absolute Gasteiger partial charge is 0.293 e. The van der Waals surface area contributed by atoms with Gasteiger partial charge in [0.05, 0.1) is 16.7 Å². The van der Waals surface area contributed by atoms with E-state index in [0.29, 0.717) is 16.1 Å². The van der Waals surface area contributed by atoms with E-state index in [1.807, 2.05) is 64.1 Å². The van der Waals surface area contributed by atoms with Crippen molar-refractivity contribution >= 4 is 28.4 Å². The first kappa shape index (κ1) is 19.4. The number of Topliss-reactive ketones (excluding diaryl/α,β-unsaturated/α-hetero) is 1. The number of para-hydroxylation sites is 1. The summed E-state index contributed by atoms with van der Waals surface area (Å²) in [7, 11) is 0. The number of benzene rings is 2. The lowest BCUT2D eigenvalue weighted by Crippen LogP contribution is -2.26. The predicted octanol–water partition coefficient (Wildman–Crippen LogP) is 4.96. The number of thioether (sulfide) groups is 1. The van der Waals surface area contributed by atoms with Crippen LogP contribution in [0.4, 0.5) is 0 Å². The van der Waals surface area contributed by atoms with Crippen LogP contribution in [0.3, 0.4) is 0 Å². The molecule has 0 aliphatic heterocycles. The Bertz CT molecular complexity index is 1060. The molecule has 0 bridgehead atoms. The third-order valence-corrected chi connectivity index (χ3v) is 5.79. The van der Waals surface area contributed by atoms with Crippen molar-refractivity contribution in [2.45, 2.75) is 45.3 Å². The predicted molar refractivity (Wildman–Crippen MR) is 112 cm³/mol. The summed E-state index contributed by atoms with van der Waals surface area (Å²) in [6, 6.07) is 13.3. The lowest BCUT2D eigenvalue weighted by atomic mass is 10.0. The van der Waals surface area contributed by atoms with E-state index in [4.69, 9.17) is 0 Å². The van der Waals surface area contributed by atoms with Crippen LogP contribution in [-0.4, -0.2) is 21.1 Å². The Hall–Kier alpha value is -2.40. The lowest BCUT2D eigenvalue weighted by molar-refractivity contribution is 0.102. The maximum atomic E-state index is 13.0. The van der Waals surface area contributed by atoms with Crippen molar-refractivity contribution in [2.24, 2.45) is 0 Å². The third kappa shape index (κ3) is 3.98. The molecule has 140 valence electrons. The topological polar surface area (TPSA) is 52.0 Å². The molecule has 3 rings (SSSR count). The van der Waals surface area contributed by atoms with Gasteiger partial charge in [-0.3, -0.25) is 14.2 Å². The number of carbonyl (C=O) groups is 1. The van der Waals surface area contributed by atoms with Crippen molar-refractivity contribution in [3.63, 3.8) is 0 Å². The second kappa shape index (κ2) is 8.09. The standard InChI is InChI=1S/C22H24N2O2S/c1-5-16(4)24-21(26)17-8-6-7-9-19(17)23-22(24)27-13-20(25)18-12-14(2)10-11-15(18)3/h6-12,16H,5,13H2,1-4H3. The number of hydrogen-bond acceptors (Lipinski definition) is 4. The number of carbonyl (C=O) groups excluding carboxylic acids is 1. The molecule has 0 spiro atoms. The van der Waals surface area contributed by atoms with Crippen molar-refractivity contribution in [2.75, 3.05) is 5.75 Å². The zero-order valence-electron chi connectivity index (χ0n) is 16.2. The minimum atomic E-state index is -0.0448. The van der Waals surface area contributed by atoms with Gasteiger partial charge < -0.3 is 0 Å². The molecule has 5 heteroatoms. The van der Waals surface area contributed by atoms with Gasteiger partial charge >= 0.3 is 0 Å². The molecule has 0 fully saturated rings. The van der Waals surface area contributed by atoms with Crippen molar-refractivity contribution in [3.8, 4) is 0 Å². The Labute approximate surface area is 163 Å².